The van der Waals surface area contributed by atoms with Crippen LogP contribution in [0.1, 0.15) is 11.1 Å². The van der Waals surface area contributed by atoms with Gasteiger partial charge in [0, 0.05) is 30.7 Å². The summed E-state index contributed by atoms with van der Waals surface area (Å²) in [6.07, 6.45) is 7.17. The van der Waals surface area contributed by atoms with Crippen LogP contribution in [-0.4, -0.2) is 21.1 Å². The van der Waals surface area contributed by atoms with Gasteiger partial charge in [-0.3, -0.25) is 14.9 Å². The van der Waals surface area contributed by atoms with Crippen LogP contribution in [0.2, 0.25) is 0 Å². The highest BCUT2D eigenvalue weighted by Gasteiger charge is 2.03. The molecule has 16 heavy (non-hydrogen) atoms. The molecule has 0 bridgehead atoms. The first-order valence-corrected chi connectivity index (χ1v) is 4.98. The minimum absolute atomic E-state index is 0.0193. The van der Waals surface area contributed by atoms with Gasteiger partial charge in [-0.15, -0.1) is 0 Å². The van der Waals surface area contributed by atoms with E-state index in [-0.39, 0.29) is 5.91 Å². The molecule has 2 heterocycles. The third-order valence-electron chi connectivity index (χ3n) is 2.13. The normalized spacial score (nSPS) is 10.0. The number of hydrogen-bond donors (Lipinski definition) is 2. The molecule has 0 unspecified atom stereocenters. The molecule has 0 aliphatic heterocycles. The van der Waals surface area contributed by atoms with E-state index >= 15 is 0 Å². The lowest BCUT2D eigenvalue weighted by Gasteiger charge is -2.02. The Labute approximate surface area is 92.9 Å². The van der Waals surface area contributed by atoms with Gasteiger partial charge in [-0.05, 0) is 11.6 Å². The lowest BCUT2D eigenvalue weighted by atomic mass is 10.2. The lowest BCUT2D eigenvalue weighted by Crippen LogP contribution is -2.24. The van der Waals surface area contributed by atoms with Crippen molar-refractivity contribution in [3.05, 3.63) is 48.0 Å². The average Bonchev–Trinajstić information content (AvgIpc) is 2.81. The molecule has 2 aromatic rings. The van der Waals surface area contributed by atoms with E-state index in [1.54, 1.807) is 24.8 Å². The van der Waals surface area contributed by atoms with Crippen LogP contribution in [0.15, 0.2) is 36.9 Å². The standard InChI is InChI=1S/C11H12N4O/c16-11(4-9-2-1-3-12-5-9)13-6-10-7-14-15-8-10/h1-3,5,7-8H,4,6H2,(H,13,16)(H,14,15). The summed E-state index contributed by atoms with van der Waals surface area (Å²) < 4.78 is 0. The van der Waals surface area contributed by atoms with E-state index in [1.165, 1.54) is 0 Å². The van der Waals surface area contributed by atoms with Gasteiger partial charge in [0.05, 0.1) is 12.6 Å². The van der Waals surface area contributed by atoms with E-state index in [9.17, 15) is 4.79 Å². The van der Waals surface area contributed by atoms with Crippen LogP contribution in [0.25, 0.3) is 0 Å². The Morgan fingerprint density at radius 3 is 3.00 bits per heavy atom. The second-order valence-corrected chi connectivity index (χ2v) is 3.42. The zero-order valence-corrected chi connectivity index (χ0v) is 8.68. The fourth-order valence-corrected chi connectivity index (χ4v) is 1.33. The van der Waals surface area contributed by atoms with Gasteiger partial charge in [0.25, 0.3) is 0 Å². The monoisotopic (exact) mass is 216 g/mol. The Morgan fingerprint density at radius 2 is 2.31 bits per heavy atom. The highest BCUT2D eigenvalue weighted by Crippen LogP contribution is 1.98. The highest BCUT2D eigenvalue weighted by atomic mass is 16.1. The molecule has 2 aromatic heterocycles. The molecule has 2 N–H and O–H groups in total. The summed E-state index contributed by atoms with van der Waals surface area (Å²) in [4.78, 5) is 15.5. The first-order chi connectivity index (χ1) is 7.84. The average molecular weight is 216 g/mol. The van der Waals surface area contributed by atoms with Crippen LogP contribution >= 0.6 is 0 Å². The second kappa shape index (κ2) is 5.06. The summed E-state index contributed by atoms with van der Waals surface area (Å²) in [5.74, 6) is -0.0193. The molecule has 82 valence electrons. The van der Waals surface area contributed by atoms with E-state index < -0.39 is 0 Å². The number of pyridine rings is 1. The maximum absolute atomic E-state index is 11.5. The SMILES string of the molecule is O=C(Cc1cccnc1)NCc1cn[nH]c1. The Kier molecular flexibility index (Phi) is 3.28. The maximum Gasteiger partial charge on any atom is 0.224 e. The van der Waals surface area contributed by atoms with E-state index in [0.29, 0.717) is 13.0 Å². The van der Waals surface area contributed by atoms with Gasteiger partial charge in [-0.2, -0.15) is 5.10 Å². The number of amides is 1. The van der Waals surface area contributed by atoms with Crippen LogP contribution in [-0.2, 0) is 17.8 Å². The molecule has 0 atom stereocenters. The summed E-state index contributed by atoms with van der Waals surface area (Å²) in [7, 11) is 0. The number of hydrogen-bond acceptors (Lipinski definition) is 3. The molecule has 5 nitrogen and oxygen atoms in total. The van der Waals surface area contributed by atoms with Crippen molar-refractivity contribution >= 4 is 5.91 Å². The van der Waals surface area contributed by atoms with E-state index in [4.69, 9.17) is 0 Å². The third-order valence-corrected chi connectivity index (χ3v) is 2.13. The van der Waals surface area contributed by atoms with Crippen molar-refractivity contribution in [3.8, 4) is 0 Å². The smallest absolute Gasteiger partial charge is 0.224 e. The Morgan fingerprint density at radius 1 is 1.38 bits per heavy atom. The molecule has 0 fully saturated rings. The first kappa shape index (κ1) is 10.4. The number of nitrogens with zero attached hydrogens (tertiary/aromatic N) is 2. The number of nitrogens with one attached hydrogen (secondary N) is 2. The van der Waals surface area contributed by atoms with Gasteiger partial charge in [0.1, 0.15) is 0 Å². The zero-order chi connectivity index (χ0) is 11.2. The van der Waals surface area contributed by atoms with Crippen LogP contribution in [0.3, 0.4) is 0 Å². The molecule has 0 radical (unpaired) electrons. The molecule has 0 aliphatic carbocycles. The van der Waals surface area contributed by atoms with E-state index in [2.05, 4.69) is 20.5 Å². The molecule has 0 saturated heterocycles. The summed E-state index contributed by atoms with van der Waals surface area (Å²) in [5.41, 5.74) is 1.87. The molecular formula is C11H12N4O. The zero-order valence-electron chi connectivity index (χ0n) is 8.68. The molecule has 0 aromatic carbocycles. The minimum Gasteiger partial charge on any atom is -0.352 e. The molecule has 2 rings (SSSR count). The number of aromatic amines is 1. The van der Waals surface area contributed by atoms with Gasteiger partial charge in [0.2, 0.25) is 5.91 Å². The number of carbonyl (C=O) groups is 1. The van der Waals surface area contributed by atoms with Crippen LogP contribution in [0.5, 0.6) is 0 Å². The first-order valence-electron chi connectivity index (χ1n) is 4.98. The van der Waals surface area contributed by atoms with E-state index in [1.807, 2.05) is 12.1 Å². The van der Waals surface area contributed by atoms with Crippen molar-refractivity contribution in [1.29, 1.82) is 0 Å². The quantitative estimate of drug-likeness (QED) is 0.788. The Balaban J connectivity index is 1.81. The number of rotatable bonds is 4. The van der Waals surface area contributed by atoms with Gasteiger partial charge in [-0.25, -0.2) is 0 Å². The third kappa shape index (κ3) is 2.91. The fourth-order valence-electron chi connectivity index (χ4n) is 1.33. The van der Waals surface area contributed by atoms with Crippen molar-refractivity contribution in [2.24, 2.45) is 0 Å². The Bertz CT molecular complexity index is 438. The summed E-state index contributed by atoms with van der Waals surface area (Å²) in [6.45, 7) is 0.496. The summed E-state index contributed by atoms with van der Waals surface area (Å²) >= 11 is 0. The minimum atomic E-state index is -0.0193. The van der Waals surface area contributed by atoms with Crippen LogP contribution < -0.4 is 5.32 Å². The molecule has 0 aliphatic rings. The second-order valence-electron chi connectivity index (χ2n) is 3.42. The predicted molar refractivity (Wildman–Crippen MR) is 58.4 cm³/mol. The van der Waals surface area contributed by atoms with Gasteiger partial charge >= 0.3 is 0 Å². The van der Waals surface area contributed by atoms with Crippen LogP contribution in [0.4, 0.5) is 0 Å². The van der Waals surface area contributed by atoms with Gasteiger partial charge in [0.15, 0.2) is 0 Å². The molecule has 5 heteroatoms. The summed E-state index contributed by atoms with van der Waals surface area (Å²) in [6, 6.07) is 3.70. The number of H-pyrrole nitrogens is 1. The van der Waals surface area contributed by atoms with Crippen molar-refractivity contribution < 1.29 is 4.79 Å². The lowest BCUT2D eigenvalue weighted by molar-refractivity contribution is -0.120. The van der Waals surface area contributed by atoms with Crippen LogP contribution in [0, 0.1) is 0 Å². The Hall–Kier alpha value is -2.17. The largest absolute Gasteiger partial charge is 0.352 e. The predicted octanol–water partition coefficient (Wildman–Crippen LogP) is 0.664. The van der Waals surface area contributed by atoms with Crippen molar-refractivity contribution in [2.45, 2.75) is 13.0 Å². The van der Waals surface area contributed by atoms with Gasteiger partial charge in [-0.1, -0.05) is 6.07 Å². The molecule has 0 spiro atoms. The van der Waals surface area contributed by atoms with Gasteiger partial charge < -0.3 is 5.32 Å². The number of carbonyl (C=O) groups excluding carboxylic acids is 1. The van der Waals surface area contributed by atoms with Crippen molar-refractivity contribution in [3.63, 3.8) is 0 Å². The van der Waals surface area contributed by atoms with E-state index in [0.717, 1.165) is 11.1 Å². The topological polar surface area (TPSA) is 70.7 Å². The molecular weight excluding hydrogens is 204 g/mol. The fraction of sp³-hybridized carbons (Fsp3) is 0.182. The molecule has 0 saturated carbocycles. The summed E-state index contributed by atoms with van der Waals surface area (Å²) in [5, 5.41) is 9.30. The van der Waals surface area contributed by atoms with Crippen molar-refractivity contribution in [1.82, 2.24) is 20.5 Å². The number of aromatic nitrogens is 3. The maximum atomic E-state index is 11.5. The highest BCUT2D eigenvalue weighted by molar-refractivity contribution is 5.78. The molecule has 1 amide bonds. The van der Waals surface area contributed by atoms with Crippen molar-refractivity contribution in [2.75, 3.05) is 0 Å².